The summed E-state index contributed by atoms with van der Waals surface area (Å²) in [6.45, 7) is 6.71. The average molecular weight is 275 g/mol. The minimum atomic E-state index is -4.66. The van der Waals surface area contributed by atoms with E-state index in [-0.39, 0.29) is 17.7 Å². The van der Waals surface area contributed by atoms with Gasteiger partial charge < -0.3 is 10.1 Å². The molecule has 0 radical (unpaired) electrons. The third kappa shape index (κ3) is 5.11. The van der Waals surface area contributed by atoms with Gasteiger partial charge in [-0.15, -0.1) is 13.2 Å². The van der Waals surface area contributed by atoms with Crippen molar-refractivity contribution in [3.05, 3.63) is 29.8 Å². The Kier molecular flexibility index (Phi) is 5.66. The van der Waals surface area contributed by atoms with Crippen LogP contribution in [0.1, 0.15) is 38.8 Å². The Hall–Kier alpha value is -1.23. The fourth-order valence-corrected chi connectivity index (χ4v) is 1.96. The van der Waals surface area contributed by atoms with Gasteiger partial charge in [-0.3, -0.25) is 0 Å². The lowest BCUT2D eigenvalue weighted by Crippen LogP contribution is -2.28. The van der Waals surface area contributed by atoms with E-state index in [4.69, 9.17) is 0 Å². The maximum Gasteiger partial charge on any atom is 0.573 e. The Balaban J connectivity index is 3.01. The lowest BCUT2D eigenvalue weighted by Gasteiger charge is -2.25. The molecule has 19 heavy (non-hydrogen) atoms. The van der Waals surface area contributed by atoms with Crippen LogP contribution in [0.25, 0.3) is 0 Å². The highest BCUT2D eigenvalue weighted by atomic mass is 19.4. The number of hydrogen-bond acceptors (Lipinski definition) is 2. The summed E-state index contributed by atoms with van der Waals surface area (Å²) in [7, 11) is 0. The summed E-state index contributed by atoms with van der Waals surface area (Å²) in [5.41, 5.74) is 0.545. The van der Waals surface area contributed by atoms with Crippen molar-refractivity contribution >= 4 is 0 Å². The number of ether oxygens (including phenoxy) is 1. The summed E-state index contributed by atoms with van der Waals surface area (Å²) >= 11 is 0. The maximum atomic E-state index is 12.4. The Morgan fingerprint density at radius 3 is 2.37 bits per heavy atom. The van der Waals surface area contributed by atoms with E-state index in [1.165, 1.54) is 6.07 Å². The van der Waals surface area contributed by atoms with E-state index in [9.17, 15) is 13.2 Å². The van der Waals surface area contributed by atoms with Gasteiger partial charge in [0.2, 0.25) is 0 Å². The molecule has 0 aliphatic carbocycles. The van der Waals surface area contributed by atoms with Crippen LogP contribution >= 0.6 is 0 Å². The molecule has 0 aromatic heterocycles. The SMILES string of the molecule is CCCNC(c1ccccc1OC(F)(F)F)C(C)C. The lowest BCUT2D eigenvalue weighted by molar-refractivity contribution is -0.275. The van der Waals surface area contributed by atoms with Gasteiger partial charge in [0.15, 0.2) is 0 Å². The Morgan fingerprint density at radius 2 is 1.84 bits per heavy atom. The minimum absolute atomic E-state index is 0.127. The number of halogens is 3. The zero-order valence-corrected chi connectivity index (χ0v) is 11.4. The van der Waals surface area contributed by atoms with Crippen LogP contribution in [0.15, 0.2) is 24.3 Å². The van der Waals surface area contributed by atoms with E-state index in [1.54, 1.807) is 18.2 Å². The second-order valence-electron chi connectivity index (χ2n) is 4.76. The molecule has 1 atom stereocenters. The molecule has 0 bridgehead atoms. The number of hydrogen-bond donors (Lipinski definition) is 1. The summed E-state index contributed by atoms with van der Waals surface area (Å²) in [6, 6.07) is 6.14. The van der Waals surface area contributed by atoms with Gasteiger partial charge in [0, 0.05) is 11.6 Å². The third-order valence-electron chi connectivity index (χ3n) is 2.76. The molecule has 0 spiro atoms. The monoisotopic (exact) mass is 275 g/mol. The van der Waals surface area contributed by atoms with Gasteiger partial charge in [0.05, 0.1) is 0 Å². The first-order valence-electron chi connectivity index (χ1n) is 6.43. The molecule has 2 nitrogen and oxygen atoms in total. The van der Waals surface area contributed by atoms with Gasteiger partial charge >= 0.3 is 6.36 Å². The van der Waals surface area contributed by atoms with Crippen molar-refractivity contribution in [3.63, 3.8) is 0 Å². The second-order valence-corrected chi connectivity index (χ2v) is 4.76. The number of benzene rings is 1. The van der Waals surface area contributed by atoms with E-state index >= 15 is 0 Å². The van der Waals surface area contributed by atoms with Crippen molar-refractivity contribution in [3.8, 4) is 5.75 Å². The topological polar surface area (TPSA) is 21.3 Å². The van der Waals surface area contributed by atoms with E-state index < -0.39 is 6.36 Å². The van der Waals surface area contributed by atoms with E-state index in [2.05, 4.69) is 10.1 Å². The van der Waals surface area contributed by atoms with Gasteiger partial charge in [-0.25, -0.2) is 0 Å². The minimum Gasteiger partial charge on any atom is -0.405 e. The molecule has 1 unspecified atom stereocenters. The highest BCUT2D eigenvalue weighted by Gasteiger charge is 2.33. The number of nitrogens with one attached hydrogen (secondary N) is 1. The molecule has 1 aromatic carbocycles. The third-order valence-corrected chi connectivity index (χ3v) is 2.76. The second kappa shape index (κ2) is 6.80. The van der Waals surface area contributed by atoms with Crippen molar-refractivity contribution in [1.29, 1.82) is 0 Å². The predicted octanol–water partition coefficient (Wildman–Crippen LogP) is 4.28. The Bertz CT molecular complexity index is 391. The maximum absolute atomic E-state index is 12.4. The van der Waals surface area contributed by atoms with Crippen LogP contribution < -0.4 is 10.1 Å². The van der Waals surface area contributed by atoms with Crippen molar-refractivity contribution in [2.24, 2.45) is 5.92 Å². The van der Waals surface area contributed by atoms with Crippen LogP contribution in [0.5, 0.6) is 5.75 Å². The summed E-state index contributed by atoms with van der Waals surface area (Å²) in [5.74, 6) is 0.0434. The molecule has 0 saturated heterocycles. The molecule has 108 valence electrons. The van der Waals surface area contributed by atoms with Crippen LogP contribution in [0.2, 0.25) is 0 Å². The number of para-hydroxylation sites is 1. The van der Waals surface area contributed by atoms with Gasteiger partial charge in [-0.2, -0.15) is 0 Å². The van der Waals surface area contributed by atoms with Crippen LogP contribution in [0.4, 0.5) is 13.2 Å². The average Bonchev–Trinajstić information content (AvgIpc) is 2.29. The molecular formula is C14H20F3NO. The normalized spacial score (nSPS) is 13.6. The number of alkyl halides is 3. The lowest BCUT2D eigenvalue weighted by atomic mass is 9.95. The van der Waals surface area contributed by atoms with E-state index in [0.717, 1.165) is 13.0 Å². The van der Waals surface area contributed by atoms with Crippen molar-refractivity contribution in [2.75, 3.05) is 6.54 Å². The quantitative estimate of drug-likeness (QED) is 0.836. The summed E-state index contributed by atoms with van der Waals surface area (Å²) in [5, 5.41) is 3.26. The molecule has 1 rings (SSSR count). The molecule has 0 aliphatic heterocycles. The molecule has 0 saturated carbocycles. The predicted molar refractivity (Wildman–Crippen MR) is 69.0 cm³/mol. The van der Waals surface area contributed by atoms with Crippen LogP contribution in [0, 0.1) is 5.92 Å². The highest BCUT2D eigenvalue weighted by molar-refractivity contribution is 5.36. The van der Waals surface area contributed by atoms with Gasteiger partial charge in [0.25, 0.3) is 0 Å². The zero-order valence-electron chi connectivity index (χ0n) is 11.4. The summed E-state index contributed by atoms with van der Waals surface area (Å²) in [6.07, 6.45) is -3.74. The first kappa shape index (κ1) is 15.8. The smallest absolute Gasteiger partial charge is 0.405 e. The molecule has 0 fully saturated rings. The number of rotatable bonds is 6. The Labute approximate surface area is 112 Å². The molecule has 1 N–H and O–H groups in total. The van der Waals surface area contributed by atoms with Crippen molar-refractivity contribution < 1.29 is 17.9 Å². The molecule has 1 aromatic rings. The summed E-state index contributed by atoms with van der Waals surface area (Å²) < 4.78 is 41.3. The largest absolute Gasteiger partial charge is 0.573 e. The Morgan fingerprint density at radius 1 is 1.21 bits per heavy atom. The summed E-state index contributed by atoms with van der Waals surface area (Å²) in [4.78, 5) is 0. The van der Waals surface area contributed by atoms with Gasteiger partial charge in [-0.1, -0.05) is 39.0 Å². The zero-order chi connectivity index (χ0) is 14.5. The van der Waals surface area contributed by atoms with Crippen LogP contribution in [-0.2, 0) is 0 Å². The van der Waals surface area contributed by atoms with Crippen LogP contribution in [0.3, 0.4) is 0 Å². The van der Waals surface area contributed by atoms with Crippen molar-refractivity contribution in [2.45, 2.75) is 39.6 Å². The molecular weight excluding hydrogens is 255 g/mol. The highest BCUT2D eigenvalue weighted by Crippen LogP contribution is 2.33. The fourth-order valence-electron chi connectivity index (χ4n) is 1.96. The fraction of sp³-hybridized carbons (Fsp3) is 0.571. The van der Waals surface area contributed by atoms with Crippen molar-refractivity contribution in [1.82, 2.24) is 5.32 Å². The molecule has 0 heterocycles. The van der Waals surface area contributed by atoms with Crippen LogP contribution in [-0.4, -0.2) is 12.9 Å². The molecule has 0 aliphatic rings. The molecule has 0 amide bonds. The van der Waals surface area contributed by atoms with E-state index in [1.807, 2.05) is 20.8 Å². The van der Waals surface area contributed by atoms with Gasteiger partial charge in [0.1, 0.15) is 5.75 Å². The first-order valence-corrected chi connectivity index (χ1v) is 6.43. The standard InChI is InChI=1S/C14H20F3NO/c1-4-9-18-13(10(2)3)11-7-5-6-8-12(11)19-14(15,16)17/h5-8,10,13,18H,4,9H2,1-3H3. The first-order chi connectivity index (χ1) is 8.85. The van der Waals surface area contributed by atoms with E-state index in [0.29, 0.717) is 5.56 Å². The molecule has 5 heteroatoms. The van der Waals surface area contributed by atoms with Gasteiger partial charge in [-0.05, 0) is 24.9 Å².